The quantitative estimate of drug-likeness (QED) is 0.236. The van der Waals surface area contributed by atoms with Crippen LogP contribution < -0.4 is 26.4 Å². The van der Waals surface area contributed by atoms with Gasteiger partial charge in [-0.15, -0.1) is 0 Å². The van der Waals surface area contributed by atoms with Crippen molar-refractivity contribution in [2.75, 3.05) is 0 Å². The van der Waals surface area contributed by atoms with Crippen molar-refractivity contribution in [3.63, 3.8) is 0 Å². The molecule has 0 bridgehead atoms. The van der Waals surface area contributed by atoms with Crippen molar-refractivity contribution in [3.8, 4) is 0 Å². The molecule has 0 aliphatic heterocycles. The van der Waals surface area contributed by atoms with Gasteiger partial charge in [-0.25, -0.2) is 0 Å². The molecule has 0 fully saturated rings. The molecule has 5 heteroatoms. The Kier molecular flexibility index (Phi) is 13.4. The van der Waals surface area contributed by atoms with E-state index in [4.69, 9.17) is 0 Å². The molecule has 0 saturated heterocycles. The molecule has 6 aromatic rings. The van der Waals surface area contributed by atoms with Crippen molar-refractivity contribution in [2.24, 2.45) is 0 Å². The van der Waals surface area contributed by atoms with E-state index in [2.05, 4.69) is 202 Å². The van der Waals surface area contributed by atoms with E-state index in [0.29, 0.717) is 8.55 Å². The van der Waals surface area contributed by atoms with Crippen LogP contribution in [-0.4, -0.2) is 56.8 Å². The van der Waals surface area contributed by atoms with E-state index in [1.165, 1.54) is 26.4 Å². The molecule has 10 radical (unpaired) electrons. The second-order valence-electron chi connectivity index (χ2n) is 9.07. The number of rotatable bonds is 6. The van der Waals surface area contributed by atoms with E-state index in [0.717, 1.165) is 0 Å². The molecule has 0 atom stereocenters. The average Bonchev–Trinajstić information content (AvgIpc) is 3.05. The van der Waals surface area contributed by atoms with Crippen molar-refractivity contribution in [1.29, 1.82) is 0 Å². The maximum atomic E-state index is 3.12. The molecule has 194 valence electrons. The maximum absolute atomic E-state index is 3.12. The first-order valence-corrected chi connectivity index (χ1v) is 23.8. The Bertz CT molecular complexity index is 1200. The van der Waals surface area contributed by atoms with Crippen LogP contribution >= 0.6 is 0 Å². The zero-order valence-electron chi connectivity index (χ0n) is 22.8. The average molecular weight is 692 g/mol. The summed E-state index contributed by atoms with van der Waals surface area (Å²) in [6.07, 6.45) is 0. The van der Waals surface area contributed by atoms with Gasteiger partial charge in [0.2, 0.25) is 0 Å². The summed E-state index contributed by atoms with van der Waals surface area (Å²) in [7, 11) is 6.94. The van der Waals surface area contributed by atoms with Crippen LogP contribution in [0.3, 0.4) is 0 Å². The zero-order chi connectivity index (χ0) is 28.5. The summed E-state index contributed by atoms with van der Waals surface area (Å²) in [4.78, 5) is 0. The topological polar surface area (TPSA) is 0 Å². The van der Waals surface area contributed by atoms with Gasteiger partial charge in [0.05, 0.1) is 0 Å². The molecule has 0 nitrogen and oxygen atoms in total. The van der Waals surface area contributed by atoms with Crippen molar-refractivity contribution in [2.45, 2.75) is 0 Å². The zero-order valence-corrected chi connectivity index (χ0v) is 30.0. The first kappa shape index (κ1) is 31.0. The Morgan fingerprint density at radius 2 is 0.390 bits per heavy atom. The summed E-state index contributed by atoms with van der Waals surface area (Å²) in [6, 6.07) is 65.6. The molecule has 6 aromatic carbocycles. The third kappa shape index (κ3) is 9.55. The molecule has 0 saturated carbocycles. The van der Waals surface area contributed by atoms with Crippen LogP contribution in [0.15, 0.2) is 182 Å². The van der Waals surface area contributed by atoms with Gasteiger partial charge in [0.15, 0.2) is 0 Å². The van der Waals surface area contributed by atoms with E-state index in [9.17, 15) is 0 Å². The van der Waals surface area contributed by atoms with Gasteiger partial charge in [-0.05, 0) is 0 Å². The van der Waals surface area contributed by atoms with Gasteiger partial charge in [0.1, 0.15) is 0 Å². The van der Waals surface area contributed by atoms with Crippen LogP contribution in [0.1, 0.15) is 0 Å². The van der Waals surface area contributed by atoms with Crippen LogP contribution in [0.5, 0.6) is 0 Å². The van der Waals surface area contributed by atoms with E-state index >= 15 is 0 Å². The molecular weight excluding hydrogens is 662 g/mol. The summed E-state index contributed by atoms with van der Waals surface area (Å²) in [6.45, 7) is 0. The van der Waals surface area contributed by atoms with Crippen molar-refractivity contribution in [1.82, 2.24) is 0 Å². The van der Waals surface area contributed by atoms with Gasteiger partial charge < -0.3 is 0 Å². The fourth-order valence-electron chi connectivity index (χ4n) is 4.63. The molecule has 0 spiro atoms. The monoisotopic (exact) mass is 694 g/mol. The van der Waals surface area contributed by atoms with Crippen LogP contribution in [-0.2, 0) is 0 Å². The molecular formula is C36H30Ge2Si3. The first-order valence-electron chi connectivity index (χ1n) is 13.5. The molecule has 0 N–H and O–H groups in total. The Morgan fingerprint density at radius 1 is 0.268 bits per heavy atom. The summed E-state index contributed by atoms with van der Waals surface area (Å²) >= 11 is -3.26. The predicted molar refractivity (Wildman–Crippen MR) is 185 cm³/mol. The van der Waals surface area contributed by atoms with Crippen LogP contribution in [0.2, 0.25) is 0 Å². The number of hydrogen-bond acceptors (Lipinski definition) is 0. The minimum atomic E-state index is -1.63. The normalized spacial score (nSPS) is 10.2. The molecule has 41 heavy (non-hydrogen) atoms. The number of hydrogen-bond donors (Lipinski definition) is 0. The second-order valence-corrected chi connectivity index (χ2v) is 22.7. The summed E-state index contributed by atoms with van der Waals surface area (Å²) in [5, 5.41) is 0. The fraction of sp³-hybridized carbons (Fsp3) is 0. The molecule has 0 heterocycles. The van der Waals surface area contributed by atoms with E-state index in [-0.39, 0.29) is 0 Å². The van der Waals surface area contributed by atoms with Crippen LogP contribution in [0.4, 0.5) is 0 Å². The molecule has 0 aromatic heterocycles. The predicted octanol–water partition coefficient (Wildman–Crippen LogP) is 3.26. The standard InChI is InChI=1S/2C18H15Ge.Si3/c2*1-4-10-16(11-5-1)19(17-12-6-2-7-13-17)18-14-8-3-9-15-18;1-3-2/h2*1-15H;. The minimum absolute atomic E-state index is 0.694. The second kappa shape index (κ2) is 17.8. The number of benzene rings is 6. The summed E-state index contributed by atoms with van der Waals surface area (Å²) < 4.78 is 9.00. The SMILES string of the molecule is [Si][Si][Si].c1cc[c]([Ge]([c]2ccccc2)[c]2ccccc2)cc1.c1cc[c]([Ge]([c]2ccccc2)[c]2ccccc2)cc1. The third-order valence-corrected chi connectivity index (χ3v) is 17.8. The summed E-state index contributed by atoms with van der Waals surface area (Å²) in [5.41, 5.74) is 0. The van der Waals surface area contributed by atoms with Crippen LogP contribution in [0, 0.1) is 0 Å². The van der Waals surface area contributed by atoms with Crippen molar-refractivity contribution >= 4 is 83.1 Å². The van der Waals surface area contributed by atoms with Crippen molar-refractivity contribution < 1.29 is 0 Å². The molecule has 6 rings (SSSR count). The molecule has 0 unspecified atom stereocenters. The van der Waals surface area contributed by atoms with E-state index in [1.54, 1.807) is 0 Å². The fourth-order valence-corrected chi connectivity index (χ4v) is 15.4. The van der Waals surface area contributed by atoms with Crippen molar-refractivity contribution in [3.05, 3.63) is 182 Å². The van der Waals surface area contributed by atoms with Crippen LogP contribution in [0.25, 0.3) is 0 Å². The molecule has 0 amide bonds. The van der Waals surface area contributed by atoms with Gasteiger partial charge in [-0.2, -0.15) is 0 Å². The van der Waals surface area contributed by atoms with Gasteiger partial charge in [0.25, 0.3) is 0 Å². The Hall–Kier alpha value is -2.94. The van der Waals surface area contributed by atoms with Gasteiger partial charge in [-0.3, -0.25) is 0 Å². The van der Waals surface area contributed by atoms with E-state index in [1.807, 2.05) is 0 Å². The summed E-state index contributed by atoms with van der Waals surface area (Å²) in [5.74, 6) is 0. The third-order valence-electron chi connectivity index (χ3n) is 6.37. The van der Waals surface area contributed by atoms with Gasteiger partial charge >= 0.3 is 237 Å². The Labute approximate surface area is 263 Å². The molecule has 0 aliphatic carbocycles. The Morgan fingerprint density at radius 3 is 0.512 bits per heavy atom. The van der Waals surface area contributed by atoms with Gasteiger partial charge in [-0.1, -0.05) is 0 Å². The van der Waals surface area contributed by atoms with E-state index < -0.39 is 28.7 Å². The first-order chi connectivity index (χ1) is 20.3. The molecule has 0 aliphatic rings. The van der Waals surface area contributed by atoms with Gasteiger partial charge in [0, 0.05) is 28.1 Å². The Balaban J connectivity index is 0.000000173.